The van der Waals surface area contributed by atoms with E-state index < -0.39 is 0 Å². The quantitative estimate of drug-likeness (QED) is 0.303. The predicted molar refractivity (Wildman–Crippen MR) is 128 cm³/mol. The van der Waals surface area contributed by atoms with Crippen molar-refractivity contribution in [2.45, 2.75) is 24.1 Å². The van der Waals surface area contributed by atoms with E-state index in [-0.39, 0.29) is 17.1 Å². The Kier molecular flexibility index (Phi) is 6.29. The Hall–Kier alpha value is -3.23. The Morgan fingerprint density at radius 2 is 1.65 bits per heavy atom. The van der Waals surface area contributed by atoms with Gasteiger partial charge >= 0.3 is 0 Å². The lowest BCUT2D eigenvalue weighted by Crippen LogP contribution is -2.22. The van der Waals surface area contributed by atoms with Gasteiger partial charge in [0, 0.05) is 29.2 Å². The minimum Gasteiger partial charge on any atom is -0.326 e. The molecule has 2 amide bonds. The molecule has 0 saturated carbocycles. The molecule has 2 aromatic heterocycles. The van der Waals surface area contributed by atoms with Crippen molar-refractivity contribution in [1.82, 2.24) is 9.97 Å². The van der Waals surface area contributed by atoms with E-state index in [1.54, 1.807) is 41.9 Å². The van der Waals surface area contributed by atoms with Crippen LogP contribution in [-0.2, 0) is 9.59 Å². The maximum atomic E-state index is 12.8. The molecule has 1 atom stereocenters. The van der Waals surface area contributed by atoms with Gasteiger partial charge in [-0.05, 0) is 36.8 Å². The lowest BCUT2D eigenvalue weighted by Gasteiger charge is -2.13. The molecule has 8 heteroatoms. The summed E-state index contributed by atoms with van der Waals surface area (Å²) in [6.07, 6.45) is 1.54. The molecule has 4 rings (SSSR count). The lowest BCUT2D eigenvalue weighted by atomic mass is 10.1. The van der Waals surface area contributed by atoms with Crippen LogP contribution in [0.15, 0.2) is 71.3 Å². The minimum absolute atomic E-state index is 0.125. The largest absolute Gasteiger partial charge is 0.326 e. The highest BCUT2D eigenvalue weighted by molar-refractivity contribution is 8.00. The zero-order valence-electron chi connectivity index (χ0n) is 17.0. The van der Waals surface area contributed by atoms with E-state index >= 15 is 0 Å². The second kappa shape index (κ2) is 9.28. The summed E-state index contributed by atoms with van der Waals surface area (Å²) in [6.45, 7) is 3.31. The smallest absolute Gasteiger partial charge is 0.237 e. The Morgan fingerprint density at radius 3 is 2.32 bits per heavy atom. The normalized spacial score (nSPS) is 11.8. The fourth-order valence-electron chi connectivity index (χ4n) is 3.07. The van der Waals surface area contributed by atoms with E-state index in [0.29, 0.717) is 11.4 Å². The molecule has 4 aromatic rings. The van der Waals surface area contributed by atoms with Gasteiger partial charge in [-0.3, -0.25) is 9.59 Å². The summed E-state index contributed by atoms with van der Waals surface area (Å²) in [5.74, 6) is -0.262. The number of benzene rings is 2. The fourth-order valence-corrected chi connectivity index (χ4v) is 4.99. The summed E-state index contributed by atoms with van der Waals surface area (Å²) >= 11 is 2.98. The highest BCUT2D eigenvalue weighted by Crippen LogP contribution is 2.39. The monoisotopic (exact) mass is 448 g/mol. The molecule has 2 heterocycles. The van der Waals surface area contributed by atoms with E-state index in [4.69, 9.17) is 0 Å². The van der Waals surface area contributed by atoms with E-state index in [9.17, 15) is 9.59 Å². The maximum Gasteiger partial charge on any atom is 0.237 e. The molecule has 0 aliphatic heterocycles. The van der Waals surface area contributed by atoms with Crippen molar-refractivity contribution in [3.05, 3.63) is 66.3 Å². The van der Waals surface area contributed by atoms with Crippen LogP contribution in [0.2, 0.25) is 0 Å². The number of carbonyl (C=O) groups excluding carboxylic acids is 2. The molecule has 0 fully saturated rings. The standard InChI is InChI=1S/C23H20N4O2S2/c1-14(21(29)27-18-10-8-17(9-11-18)26-15(2)28)31-23-20-19(16-6-4-3-5-7-16)12-30-22(20)24-13-25-23/h3-14H,1-2H3,(H,26,28)(H,27,29). The van der Waals surface area contributed by atoms with Crippen molar-refractivity contribution in [1.29, 1.82) is 0 Å². The molecule has 31 heavy (non-hydrogen) atoms. The number of anilines is 2. The van der Waals surface area contributed by atoms with Gasteiger partial charge in [0.05, 0.1) is 10.6 Å². The number of amides is 2. The third kappa shape index (κ3) is 4.92. The number of nitrogens with one attached hydrogen (secondary N) is 2. The van der Waals surface area contributed by atoms with Gasteiger partial charge in [0.2, 0.25) is 11.8 Å². The fraction of sp³-hybridized carbons (Fsp3) is 0.130. The summed E-state index contributed by atoms with van der Waals surface area (Å²) in [4.78, 5) is 33.7. The summed E-state index contributed by atoms with van der Waals surface area (Å²) in [6, 6.07) is 17.1. The van der Waals surface area contributed by atoms with Gasteiger partial charge < -0.3 is 10.6 Å². The molecule has 0 bridgehead atoms. The van der Waals surface area contributed by atoms with Crippen LogP contribution in [0.25, 0.3) is 21.3 Å². The molecule has 0 aliphatic rings. The highest BCUT2D eigenvalue weighted by atomic mass is 32.2. The van der Waals surface area contributed by atoms with E-state index in [1.165, 1.54) is 18.7 Å². The molecular weight excluding hydrogens is 428 g/mol. The first kappa shape index (κ1) is 21.0. The van der Waals surface area contributed by atoms with Crippen molar-refractivity contribution < 1.29 is 9.59 Å². The van der Waals surface area contributed by atoms with Gasteiger partial charge in [0.25, 0.3) is 0 Å². The predicted octanol–water partition coefficient (Wildman–Crippen LogP) is 5.44. The van der Waals surface area contributed by atoms with Crippen molar-refractivity contribution in [2.75, 3.05) is 10.6 Å². The highest BCUT2D eigenvalue weighted by Gasteiger charge is 2.20. The van der Waals surface area contributed by atoms with Crippen LogP contribution in [-0.4, -0.2) is 27.0 Å². The van der Waals surface area contributed by atoms with Gasteiger partial charge in [0.15, 0.2) is 0 Å². The van der Waals surface area contributed by atoms with Crippen molar-refractivity contribution in [2.24, 2.45) is 0 Å². The van der Waals surface area contributed by atoms with E-state index in [0.717, 1.165) is 26.4 Å². The Bertz CT molecular complexity index is 1220. The Labute approximate surface area is 188 Å². The first-order valence-corrected chi connectivity index (χ1v) is 11.4. The number of aromatic nitrogens is 2. The third-order valence-electron chi connectivity index (χ3n) is 4.55. The second-order valence-corrected chi connectivity index (χ2v) is 9.07. The molecule has 0 aliphatic carbocycles. The molecule has 1 unspecified atom stereocenters. The van der Waals surface area contributed by atoms with Gasteiger partial charge in [-0.25, -0.2) is 9.97 Å². The molecule has 0 radical (unpaired) electrons. The zero-order valence-corrected chi connectivity index (χ0v) is 18.6. The molecule has 6 nitrogen and oxygen atoms in total. The molecule has 2 N–H and O–H groups in total. The van der Waals surface area contributed by atoms with Crippen LogP contribution in [0.1, 0.15) is 13.8 Å². The van der Waals surface area contributed by atoms with Crippen molar-refractivity contribution in [3.63, 3.8) is 0 Å². The SMILES string of the molecule is CC(=O)Nc1ccc(NC(=O)C(C)Sc2ncnc3scc(-c4ccccc4)c23)cc1. The number of nitrogens with zero attached hydrogens (tertiary/aromatic N) is 2. The van der Waals surface area contributed by atoms with Gasteiger partial charge in [-0.15, -0.1) is 11.3 Å². The first-order chi connectivity index (χ1) is 15.0. The summed E-state index contributed by atoms with van der Waals surface area (Å²) in [5, 5.41) is 9.10. The van der Waals surface area contributed by atoms with E-state index in [2.05, 4.69) is 38.1 Å². The summed E-state index contributed by atoms with van der Waals surface area (Å²) < 4.78 is 0. The van der Waals surface area contributed by atoms with Crippen LogP contribution < -0.4 is 10.6 Å². The molecular formula is C23H20N4O2S2. The number of hydrogen-bond donors (Lipinski definition) is 2. The van der Waals surface area contributed by atoms with Crippen molar-refractivity contribution >= 4 is 56.5 Å². The van der Waals surface area contributed by atoms with Crippen LogP contribution >= 0.6 is 23.1 Å². The zero-order chi connectivity index (χ0) is 21.8. The lowest BCUT2D eigenvalue weighted by molar-refractivity contribution is -0.115. The Morgan fingerprint density at radius 1 is 0.968 bits per heavy atom. The maximum absolute atomic E-state index is 12.8. The van der Waals surface area contributed by atoms with Gasteiger partial charge in [0.1, 0.15) is 16.2 Å². The second-order valence-electron chi connectivity index (χ2n) is 6.88. The van der Waals surface area contributed by atoms with Crippen LogP contribution in [0.5, 0.6) is 0 Å². The number of fused-ring (bicyclic) bond motifs is 1. The number of thioether (sulfide) groups is 1. The number of carbonyl (C=O) groups is 2. The number of rotatable bonds is 6. The van der Waals surface area contributed by atoms with Crippen LogP contribution in [0.4, 0.5) is 11.4 Å². The van der Waals surface area contributed by atoms with Gasteiger partial charge in [-0.1, -0.05) is 42.1 Å². The molecule has 0 saturated heterocycles. The molecule has 156 valence electrons. The minimum atomic E-state index is -0.364. The average molecular weight is 449 g/mol. The van der Waals surface area contributed by atoms with Crippen LogP contribution in [0.3, 0.4) is 0 Å². The van der Waals surface area contributed by atoms with Crippen LogP contribution in [0, 0.1) is 0 Å². The summed E-state index contributed by atoms with van der Waals surface area (Å²) in [5.41, 5.74) is 3.52. The van der Waals surface area contributed by atoms with Gasteiger partial charge in [-0.2, -0.15) is 0 Å². The average Bonchev–Trinajstić information content (AvgIpc) is 3.20. The number of hydrogen-bond acceptors (Lipinski definition) is 6. The topological polar surface area (TPSA) is 84.0 Å². The van der Waals surface area contributed by atoms with E-state index in [1.807, 2.05) is 25.1 Å². The Balaban J connectivity index is 1.52. The number of thiophene rings is 1. The molecule has 2 aromatic carbocycles. The third-order valence-corrected chi connectivity index (χ3v) is 6.54. The van der Waals surface area contributed by atoms with Crippen molar-refractivity contribution in [3.8, 4) is 11.1 Å². The molecule has 0 spiro atoms. The summed E-state index contributed by atoms with van der Waals surface area (Å²) in [7, 11) is 0. The first-order valence-electron chi connectivity index (χ1n) is 9.64.